The summed E-state index contributed by atoms with van der Waals surface area (Å²) < 4.78 is 23.0. The fourth-order valence-electron chi connectivity index (χ4n) is 3.37. The number of rotatable bonds is 6. The minimum atomic E-state index is -3.14. The van der Waals surface area contributed by atoms with Gasteiger partial charge in [0, 0.05) is 44.7 Å². The van der Waals surface area contributed by atoms with Crippen LogP contribution in [0.2, 0.25) is 0 Å². The molecule has 0 bridgehead atoms. The van der Waals surface area contributed by atoms with Crippen molar-refractivity contribution < 1.29 is 8.42 Å². The van der Waals surface area contributed by atoms with Gasteiger partial charge in [-0.2, -0.15) is 0 Å². The van der Waals surface area contributed by atoms with Crippen LogP contribution in [-0.4, -0.2) is 53.4 Å². The lowest BCUT2D eigenvalue weighted by molar-refractivity contribution is 0.602. The Bertz CT molecular complexity index is 896. The Balaban J connectivity index is 1.45. The van der Waals surface area contributed by atoms with Crippen LogP contribution in [0.4, 0.5) is 5.69 Å². The second-order valence-corrected chi connectivity index (χ2v) is 9.09. The van der Waals surface area contributed by atoms with E-state index in [2.05, 4.69) is 44.8 Å². The van der Waals surface area contributed by atoms with Gasteiger partial charge in [0.15, 0.2) is 15.8 Å². The summed E-state index contributed by atoms with van der Waals surface area (Å²) in [5.74, 6) is 0.799. The smallest absolute Gasteiger partial charge is 0.191 e. The van der Waals surface area contributed by atoms with E-state index >= 15 is 0 Å². The topological polar surface area (TPSA) is 73.8 Å². The molecule has 1 heterocycles. The van der Waals surface area contributed by atoms with E-state index in [1.165, 1.54) is 11.9 Å². The monoisotopic (exact) mass is 400 g/mol. The van der Waals surface area contributed by atoms with Crippen molar-refractivity contribution in [2.24, 2.45) is 4.99 Å². The first-order chi connectivity index (χ1) is 13.5. The average molecular weight is 401 g/mol. The van der Waals surface area contributed by atoms with Crippen LogP contribution in [0.15, 0.2) is 64.5 Å². The minimum Gasteiger partial charge on any atom is -0.369 e. The van der Waals surface area contributed by atoms with Crippen LogP contribution in [0.5, 0.6) is 0 Å². The first kappa shape index (κ1) is 20.2. The van der Waals surface area contributed by atoms with Crippen molar-refractivity contribution in [1.82, 2.24) is 10.6 Å². The van der Waals surface area contributed by atoms with E-state index in [9.17, 15) is 8.42 Å². The van der Waals surface area contributed by atoms with E-state index in [-0.39, 0.29) is 0 Å². The Morgan fingerprint density at radius 1 is 1.14 bits per heavy atom. The molecular formula is C21H28N4O2S. The standard InChI is InChI=1S/C21H28N4O2S/c1-22-21(23-14-12-17-8-10-20(11-9-17)28(2,26)27)24-18-13-15-25(16-18)19-6-4-3-5-7-19/h3-11,18H,12-16H2,1-2H3,(H2,22,23,24). The number of nitrogens with one attached hydrogen (secondary N) is 2. The van der Waals surface area contributed by atoms with Gasteiger partial charge in [0.1, 0.15) is 0 Å². The number of hydrogen-bond donors (Lipinski definition) is 2. The molecule has 150 valence electrons. The van der Waals surface area contributed by atoms with Crippen LogP contribution < -0.4 is 15.5 Å². The maximum atomic E-state index is 11.5. The molecule has 1 unspecified atom stereocenters. The van der Waals surface area contributed by atoms with E-state index in [0.29, 0.717) is 10.9 Å². The average Bonchev–Trinajstić information content (AvgIpc) is 3.16. The molecule has 0 spiro atoms. The van der Waals surface area contributed by atoms with Gasteiger partial charge in [-0.05, 0) is 42.7 Å². The third-order valence-corrected chi connectivity index (χ3v) is 6.06. The summed E-state index contributed by atoms with van der Waals surface area (Å²) in [6.07, 6.45) is 3.09. The molecule has 0 aliphatic carbocycles. The number of nitrogens with zero attached hydrogens (tertiary/aromatic N) is 2. The van der Waals surface area contributed by atoms with Crippen molar-refractivity contribution in [3.05, 3.63) is 60.2 Å². The second kappa shape index (κ2) is 9.10. The molecule has 0 amide bonds. The highest BCUT2D eigenvalue weighted by atomic mass is 32.2. The summed E-state index contributed by atoms with van der Waals surface area (Å²) in [6, 6.07) is 17.9. The molecule has 1 aliphatic heterocycles. The molecule has 0 saturated carbocycles. The third kappa shape index (κ3) is 5.48. The van der Waals surface area contributed by atoms with Crippen LogP contribution in [0, 0.1) is 0 Å². The molecule has 1 atom stereocenters. The van der Waals surface area contributed by atoms with Gasteiger partial charge in [0.05, 0.1) is 4.90 Å². The maximum absolute atomic E-state index is 11.5. The molecule has 7 heteroatoms. The fraction of sp³-hybridized carbons (Fsp3) is 0.381. The molecule has 2 N–H and O–H groups in total. The summed E-state index contributed by atoms with van der Waals surface area (Å²) in [7, 11) is -1.37. The lowest BCUT2D eigenvalue weighted by atomic mass is 10.1. The highest BCUT2D eigenvalue weighted by Crippen LogP contribution is 2.19. The Morgan fingerprint density at radius 2 is 1.86 bits per heavy atom. The lowest BCUT2D eigenvalue weighted by Crippen LogP contribution is -2.45. The maximum Gasteiger partial charge on any atom is 0.191 e. The zero-order valence-electron chi connectivity index (χ0n) is 16.4. The van der Waals surface area contributed by atoms with Crippen molar-refractivity contribution in [2.75, 3.05) is 37.8 Å². The summed E-state index contributed by atoms with van der Waals surface area (Å²) in [4.78, 5) is 7.06. The molecular weight excluding hydrogens is 372 g/mol. The highest BCUT2D eigenvalue weighted by Gasteiger charge is 2.23. The Hall–Kier alpha value is -2.54. The number of sulfone groups is 1. The van der Waals surface area contributed by atoms with Crippen molar-refractivity contribution in [3.63, 3.8) is 0 Å². The van der Waals surface area contributed by atoms with Crippen molar-refractivity contribution in [1.29, 1.82) is 0 Å². The molecule has 0 aromatic heterocycles. The molecule has 1 saturated heterocycles. The Kier molecular flexibility index (Phi) is 6.57. The van der Waals surface area contributed by atoms with E-state index < -0.39 is 9.84 Å². The van der Waals surface area contributed by atoms with Crippen molar-refractivity contribution in [2.45, 2.75) is 23.8 Å². The van der Waals surface area contributed by atoms with Gasteiger partial charge in [-0.25, -0.2) is 8.42 Å². The number of hydrogen-bond acceptors (Lipinski definition) is 4. The van der Waals surface area contributed by atoms with Gasteiger partial charge in [0.25, 0.3) is 0 Å². The molecule has 1 aliphatic rings. The van der Waals surface area contributed by atoms with Crippen LogP contribution in [0.3, 0.4) is 0 Å². The first-order valence-electron chi connectivity index (χ1n) is 9.52. The van der Waals surface area contributed by atoms with Gasteiger partial charge < -0.3 is 15.5 Å². The molecule has 1 fully saturated rings. The number of para-hydroxylation sites is 1. The van der Waals surface area contributed by atoms with Gasteiger partial charge in [-0.15, -0.1) is 0 Å². The Labute approximate surface area is 167 Å². The summed E-state index contributed by atoms with van der Waals surface area (Å²) in [5, 5.41) is 6.84. The zero-order chi connectivity index (χ0) is 20.0. The normalized spacial score (nSPS) is 17.6. The van der Waals surface area contributed by atoms with Gasteiger partial charge in [-0.1, -0.05) is 30.3 Å². The molecule has 6 nitrogen and oxygen atoms in total. The quantitative estimate of drug-likeness (QED) is 0.574. The number of anilines is 1. The van der Waals surface area contributed by atoms with Crippen LogP contribution in [0.1, 0.15) is 12.0 Å². The van der Waals surface area contributed by atoms with Crippen LogP contribution in [0.25, 0.3) is 0 Å². The highest BCUT2D eigenvalue weighted by molar-refractivity contribution is 7.90. The van der Waals surface area contributed by atoms with E-state index in [1.807, 2.05) is 18.2 Å². The first-order valence-corrected chi connectivity index (χ1v) is 11.4. The predicted octanol–water partition coefficient (Wildman–Crippen LogP) is 2.08. The molecule has 28 heavy (non-hydrogen) atoms. The molecule has 3 rings (SSSR count). The summed E-state index contributed by atoms with van der Waals surface area (Å²) >= 11 is 0. The lowest BCUT2D eigenvalue weighted by Gasteiger charge is -2.20. The fourth-order valence-corrected chi connectivity index (χ4v) is 4.00. The summed E-state index contributed by atoms with van der Waals surface area (Å²) in [5.41, 5.74) is 2.35. The van der Waals surface area contributed by atoms with Gasteiger partial charge in [-0.3, -0.25) is 4.99 Å². The molecule has 0 radical (unpaired) electrons. The van der Waals surface area contributed by atoms with E-state index in [1.54, 1.807) is 19.2 Å². The van der Waals surface area contributed by atoms with Crippen molar-refractivity contribution in [3.8, 4) is 0 Å². The Morgan fingerprint density at radius 3 is 2.50 bits per heavy atom. The second-order valence-electron chi connectivity index (χ2n) is 7.08. The van der Waals surface area contributed by atoms with E-state index in [0.717, 1.165) is 44.0 Å². The van der Waals surface area contributed by atoms with Gasteiger partial charge in [0.2, 0.25) is 0 Å². The minimum absolute atomic E-state index is 0.353. The number of benzene rings is 2. The summed E-state index contributed by atoms with van der Waals surface area (Å²) in [6.45, 7) is 2.72. The number of aliphatic imine (C=N–C) groups is 1. The predicted molar refractivity (Wildman–Crippen MR) is 115 cm³/mol. The SMILES string of the molecule is CN=C(NCCc1ccc(S(C)(=O)=O)cc1)NC1CCN(c2ccccc2)C1. The van der Waals surface area contributed by atoms with Crippen LogP contribution in [-0.2, 0) is 16.3 Å². The van der Waals surface area contributed by atoms with Gasteiger partial charge >= 0.3 is 0 Å². The molecule has 2 aromatic carbocycles. The van der Waals surface area contributed by atoms with Crippen molar-refractivity contribution >= 4 is 21.5 Å². The third-order valence-electron chi connectivity index (χ3n) is 4.93. The van der Waals surface area contributed by atoms with E-state index in [4.69, 9.17) is 0 Å². The largest absolute Gasteiger partial charge is 0.369 e. The number of guanidine groups is 1. The van der Waals surface area contributed by atoms with Crippen LogP contribution >= 0.6 is 0 Å². The molecule has 2 aromatic rings. The zero-order valence-corrected chi connectivity index (χ0v) is 17.2.